The van der Waals surface area contributed by atoms with Crippen LogP contribution in [0.5, 0.6) is 0 Å². The van der Waals surface area contributed by atoms with Crippen LogP contribution in [-0.4, -0.2) is 13.0 Å². The Labute approximate surface area is 123 Å². The van der Waals surface area contributed by atoms with Gasteiger partial charge in [0.05, 0.1) is 5.69 Å². The van der Waals surface area contributed by atoms with Crippen LogP contribution in [0, 0.1) is 0 Å². The molecule has 6 N–H and O–H groups in total. The molecule has 2 rings (SSSR count). The quantitative estimate of drug-likeness (QED) is 0.392. The monoisotopic (exact) mass is 305 g/mol. The minimum Gasteiger partial charge on any atom is -0.399 e. The highest BCUT2D eigenvalue weighted by atomic mass is 32.2. The maximum atomic E-state index is 11.0. The van der Waals surface area contributed by atoms with E-state index in [9.17, 15) is 8.42 Å². The molecule has 0 saturated heterocycles. The molecule has 6 nitrogen and oxygen atoms in total. The predicted octanol–water partition coefficient (Wildman–Crippen LogP) is 2.24. The molecule has 0 amide bonds. The minimum atomic E-state index is -4.41. The van der Waals surface area contributed by atoms with Gasteiger partial charge in [0.25, 0.3) is 0 Å². The van der Waals surface area contributed by atoms with Crippen LogP contribution < -0.4 is 16.2 Å². The summed E-state index contributed by atoms with van der Waals surface area (Å²) >= 11 is 0. The largest absolute Gasteiger partial charge is 0.399 e. The summed E-state index contributed by atoms with van der Waals surface area (Å²) in [6.07, 6.45) is 3.43. The molecule has 0 aromatic heterocycles. The standard InChI is InChI=1S/C14H15N3O3S/c15-11-8-13(16)12(14(9-11)17-21(18,19)20)7-6-10-4-2-1-3-5-10/h1-9,17H,15-16H2,(H,18,19,20). The van der Waals surface area contributed by atoms with E-state index in [1.54, 1.807) is 12.2 Å². The van der Waals surface area contributed by atoms with Crippen molar-refractivity contribution in [2.45, 2.75) is 0 Å². The van der Waals surface area contributed by atoms with Gasteiger partial charge in [0.2, 0.25) is 0 Å². The van der Waals surface area contributed by atoms with Crippen LogP contribution in [0.15, 0.2) is 42.5 Å². The summed E-state index contributed by atoms with van der Waals surface area (Å²) in [6, 6.07) is 12.3. The molecule has 0 saturated carbocycles. The van der Waals surface area contributed by atoms with Crippen molar-refractivity contribution in [3.63, 3.8) is 0 Å². The topological polar surface area (TPSA) is 118 Å². The second-order valence-corrected chi connectivity index (χ2v) is 5.55. The van der Waals surface area contributed by atoms with Gasteiger partial charge in [0.1, 0.15) is 0 Å². The zero-order valence-electron chi connectivity index (χ0n) is 11.0. The van der Waals surface area contributed by atoms with Crippen LogP contribution in [0.3, 0.4) is 0 Å². The number of hydrogen-bond acceptors (Lipinski definition) is 4. The summed E-state index contributed by atoms with van der Waals surface area (Å²) in [4.78, 5) is 0. The van der Waals surface area contributed by atoms with E-state index in [1.807, 2.05) is 35.1 Å². The first-order valence-corrected chi connectivity index (χ1v) is 7.46. The molecular formula is C14H15N3O3S. The van der Waals surface area contributed by atoms with Crippen molar-refractivity contribution in [2.75, 3.05) is 16.2 Å². The van der Waals surface area contributed by atoms with Gasteiger partial charge in [-0.15, -0.1) is 0 Å². The second kappa shape index (κ2) is 5.86. The Bertz CT molecular complexity index is 772. The molecule has 2 aromatic carbocycles. The number of nitrogens with two attached hydrogens (primary N) is 2. The Morgan fingerprint density at radius 2 is 1.71 bits per heavy atom. The molecular weight excluding hydrogens is 290 g/mol. The van der Waals surface area contributed by atoms with Crippen molar-refractivity contribution in [3.8, 4) is 0 Å². The molecule has 0 bridgehead atoms. The van der Waals surface area contributed by atoms with Crippen LogP contribution >= 0.6 is 0 Å². The number of benzene rings is 2. The van der Waals surface area contributed by atoms with Gasteiger partial charge in [-0.25, -0.2) is 0 Å². The maximum Gasteiger partial charge on any atom is 0.357 e. The van der Waals surface area contributed by atoms with Crippen LogP contribution in [0.1, 0.15) is 11.1 Å². The van der Waals surface area contributed by atoms with Crippen LogP contribution in [0.4, 0.5) is 17.1 Å². The van der Waals surface area contributed by atoms with Gasteiger partial charge >= 0.3 is 10.3 Å². The molecule has 7 heteroatoms. The fourth-order valence-electron chi connectivity index (χ4n) is 1.85. The average Bonchev–Trinajstić information content (AvgIpc) is 2.36. The van der Waals surface area contributed by atoms with Crippen molar-refractivity contribution in [3.05, 3.63) is 53.6 Å². The van der Waals surface area contributed by atoms with E-state index in [1.165, 1.54) is 12.1 Å². The van der Waals surface area contributed by atoms with Crippen molar-refractivity contribution in [1.82, 2.24) is 0 Å². The van der Waals surface area contributed by atoms with E-state index < -0.39 is 10.3 Å². The Hall–Kier alpha value is -2.51. The van der Waals surface area contributed by atoms with Gasteiger partial charge in [-0.05, 0) is 17.7 Å². The number of rotatable bonds is 4. The molecule has 0 aliphatic heterocycles. The molecule has 21 heavy (non-hydrogen) atoms. The Morgan fingerprint density at radius 3 is 2.33 bits per heavy atom. The van der Waals surface area contributed by atoms with Gasteiger partial charge in [-0.2, -0.15) is 8.42 Å². The SMILES string of the molecule is Nc1cc(N)c(C=Cc2ccccc2)c(NS(=O)(=O)O)c1. The number of nitrogens with one attached hydrogen (secondary N) is 1. The highest BCUT2D eigenvalue weighted by molar-refractivity contribution is 7.87. The Morgan fingerprint density at radius 1 is 1.05 bits per heavy atom. The van der Waals surface area contributed by atoms with Crippen LogP contribution in [0.25, 0.3) is 12.2 Å². The Kier molecular flexibility index (Phi) is 4.15. The van der Waals surface area contributed by atoms with E-state index in [2.05, 4.69) is 0 Å². The molecule has 0 unspecified atom stereocenters. The normalized spacial score (nSPS) is 11.7. The van der Waals surface area contributed by atoms with Crippen LogP contribution in [-0.2, 0) is 10.3 Å². The smallest absolute Gasteiger partial charge is 0.357 e. The Balaban J connectivity index is 2.44. The zero-order valence-corrected chi connectivity index (χ0v) is 11.8. The third-order valence-electron chi connectivity index (χ3n) is 2.72. The first-order chi connectivity index (χ1) is 9.85. The van der Waals surface area contributed by atoms with E-state index >= 15 is 0 Å². The lowest BCUT2D eigenvalue weighted by Crippen LogP contribution is -2.12. The first kappa shape index (κ1) is 14.9. The fourth-order valence-corrected chi connectivity index (χ4v) is 2.30. The van der Waals surface area contributed by atoms with E-state index in [0.29, 0.717) is 11.3 Å². The highest BCUT2D eigenvalue weighted by Crippen LogP contribution is 2.28. The summed E-state index contributed by atoms with van der Waals surface area (Å²) in [7, 11) is -4.41. The zero-order chi connectivity index (χ0) is 15.5. The lowest BCUT2D eigenvalue weighted by atomic mass is 10.1. The highest BCUT2D eigenvalue weighted by Gasteiger charge is 2.11. The van der Waals surface area contributed by atoms with E-state index in [0.717, 1.165) is 5.56 Å². The molecule has 0 radical (unpaired) electrons. The average molecular weight is 305 g/mol. The molecule has 0 fully saturated rings. The minimum absolute atomic E-state index is 0.113. The van der Waals surface area contributed by atoms with Crippen LogP contribution in [0.2, 0.25) is 0 Å². The van der Waals surface area contributed by atoms with Gasteiger partial charge in [0.15, 0.2) is 0 Å². The predicted molar refractivity (Wildman–Crippen MR) is 85.8 cm³/mol. The number of nitrogen functional groups attached to an aromatic ring is 2. The van der Waals surface area contributed by atoms with Gasteiger partial charge in [-0.1, -0.05) is 42.5 Å². The number of hydrogen-bond donors (Lipinski definition) is 4. The molecule has 0 spiro atoms. The maximum absolute atomic E-state index is 11.0. The van der Waals surface area contributed by atoms with Gasteiger partial charge in [-0.3, -0.25) is 9.27 Å². The summed E-state index contributed by atoms with van der Waals surface area (Å²) in [5.41, 5.74) is 13.5. The van der Waals surface area contributed by atoms with E-state index in [4.69, 9.17) is 16.0 Å². The molecule has 110 valence electrons. The third-order valence-corrected chi connectivity index (χ3v) is 3.19. The number of anilines is 3. The first-order valence-electron chi connectivity index (χ1n) is 6.02. The summed E-state index contributed by atoms with van der Waals surface area (Å²) in [5.74, 6) is 0. The van der Waals surface area contributed by atoms with Gasteiger partial charge < -0.3 is 11.5 Å². The summed E-state index contributed by atoms with van der Waals surface area (Å²) < 4.78 is 32.9. The van der Waals surface area contributed by atoms with Crippen molar-refractivity contribution in [1.29, 1.82) is 0 Å². The van der Waals surface area contributed by atoms with Crippen molar-refractivity contribution < 1.29 is 13.0 Å². The third kappa shape index (κ3) is 4.23. The molecule has 0 heterocycles. The fraction of sp³-hybridized carbons (Fsp3) is 0. The lowest BCUT2D eigenvalue weighted by Gasteiger charge is -2.11. The van der Waals surface area contributed by atoms with E-state index in [-0.39, 0.29) is 11.4 Å². The molecule has 0 atom stereocenters. The van der Waals surface area contributed by atoms with Crippen molar-refractivity contribution >= 4 is 39.5 Å². The molecule has 2 aromatic rings. The summed E-state index contributed by atoms with van der Waals surface area (Å²) in [5, 5.41) is 0. The molecule has 0 aliphatic carbocycles. The van der Waals surface area contributed by atoms with Crippen molar-refractivity contribution in [2.24, 2.45) is 0 Å². The van der Waals surface area contributed by atoms with Gasteiger partial charge in [0, 0.05) is 16.9 Å². The lowest BCUT2D eigenvalue weighted by molar-refractivity contribution is 0.489. The molecule has 0 aliphatic rings. The summed E-state index contributed by atoms with van der Waals surface area (Å²) in [6.45, 7) is 0. The second-order valence-electron chi connectivity index (χ2n) is 4.39.